The minimum Gasteiger partial charge on any atom is -0.341 e. The summed E-state index contributed by atoms with van der Waals surface area (Å²) in [6.45, 7) is 8.70. The Bertz CT molecular complexity index is 542. The van der Waals surface area contributed by atoms with Crippen LogP contribution in [0.3, 0.4) is 0 Å². The molecule has 0 saturated heterocycles. The summed E-state index contributed by atoms with van der Waals surface area (Å²) < 4.78 is 0. The number of rotatable bonds is 11. The molecule has 25 heavy (non-hydrogen) atoms. The highest BCUT2D eigenvalue weighted by Gasteiger charge is 2.15. The molecule has 1 aromatic rings. The highest BCUT2D eigenvalue weighted by Crippen LogP contribution is 2.07. The summed E-state index contributed by atoms with van der Waals surface area (Å²) in [5, 5.41) is 0. The maximum Gasteiger partial charge on any atom is 0.222 e. The van der Waals surface area contributed by atoms with E-state index in [2.05, 4.69) is 34.8 Å². The first-order chi connectivity index (χ1) is 12.0. The van der Waals surface area contributed by atoms with E-state index in [9.17, 15) is 4.79 Å². The van der Waals surface area contributed by atoms with Gasteiger partial charge in [0.25, 0.3) is 0 Å². The summed E-state index contributed by atoms with van der Waals surface area (Å²) in [5.41, 5.74) is 2.11. The number of hydrogen-bond acceptors (Lipinski definition) is 4. The molecule has 0 radical (unpaired) electrons. The van der Waals surface area contributed by atoms with Crippen molar-refractivity contribution in [1.82, 2.24) is 14.8 Å². The van der Waals surface area contributed by atoms with Gasteiger partial charge in [-0.1, -0.05) is 6.92 Å². The predicted octanol–water partition coefficient (Wildman–Crippen LogP) is 3.03. The summed E-state index contributed by atoms with van der Waals surface area (Å²) in [7, 11) is 4.09. The second-order valence-electron chi connectivity index (χ2n) is 6.71. The van der Waals surface area contributed by atoms with Gasteiger partial charge >= 0.3 is 0 Å². The minimum atomic E-state index is 0.233. The lowest BCUT2D eigenvalue weighted by molar-refractivity contribution is -0.131. The van der Waals surface area contributed by atoms with Gasteiger partial charge in [-0.15, -0.1) is 0 Å². The fourth-order valence-corrected chi connectivity index (χ4v) is 2.48. The Balaban J connectivity index is 2.47. The zero-order valence-corrected chi connectivity index (χ0v) is 16.5. The number of hydrogen-bond donors (Lipinski definition) is 0. The lowest BCUT2D eigenvalue weighted by Crippen LogP contribution is -2.41. The van der Waals surface area contributed by atoms with E-state index in [1.54, 1.807) is 0 Å². The second kappa shape index (κ2) is 11.7. The molecule has 1 atom stereocenters. The van der Waals surface area contributed by atoms with E-state index >= 15 is 0 Å². The van der Waals surface area contributed by atoms with E-state index in [1.165, 1.54) is 0 Å². The number of pyridine rings is 1. The highest BCUT2D eigenvalue weighted by molar-refractivity contribution is 5.79. The summed E-state index contributed by atoms with van der Waals surface area (Å²) in [6, 6.07) is 4.40. The first kappa shape index (κ1) is 21.3. The fourth-order valence-electron chi connectivity index (χ4n) is 2.48. The van der Waals surface area contributed by atoms with Crippen molar-refractivity contribution in [1.29, 1.82) is 0 Å². The summed E-state index contributed by atoms with van der Waals surface area (Å²) in [4.78, 5) is 25.3. The van der Waals surface area contributed by atoms with E-state index < -0.39 is 0 Å². The van der Waals surface area contributed by atoms with E-state index in [0.29, 0.717) is 12.5 Å². The number of aryl methyl sites for hydroxylation is 1. The molecule has 1 unspecified atom stereocenters. The Morgan fingerprint density at radius 2 is 2.12 bits per heavy atom. The van der Waals surface area contributed by atoms with Gasteiger partial charge in [-0.2, -0.15) is 0 Å². The lowest BCUT2D eigenvalue weighted by atomic mass is 10.1. The molecule has 0 spiro atoms. The average molecular weight is 347 g/mol. The number of aromatic nitrogens is 1. The molecular formula is C20H34N4O. The van der Waals surface area contributed by atoms with Gasteiger partial charge in [0, 0.05) is 50.2 Å². The normalized spacial score (nSPS) is 12.7. The molecule has 5 heteroatoms. The molecule has 5 nitrogen and oxygen atoms in total. The smallest absolute Gasteiger partial charge is 0.222 e. The molecular weight excluding hydrogens is 312 g/mol. The molecule has 0 aliphatic heterocycles. The fraction of sp³-hybridized carbons (Fsp3) is 0.650. The number of nitrogens with zero attached hydrogens (tertiary/aromatic N) is 4. The Morgan fingerprint density at radius 1 is 1.36 bits per heavy atom. The Morgan fingerprint density at radius 3 is 2.76 bits per heavy atom. The van der Waals surface area contributed by atoms with Gasteiger partial charge in [0.2, 0.25) is 5.91 Å². The van der Waals surface area contributed by atoms with Gasteiger partial charge in [-0.25, -0.2) is 0 Å². The zero-order chi connectivity index (χ0) is 18.7. The SMILES string of the molecule is CCCN=Cc1ccnc(CCCC(=O)N(CC)CC(C)N(C)C)c1. The van der Waals surface area contributed by atoms with E-state index in [1.807, 2.05) is 44.4 Å². The van der Waals surface area contributed by atoms with Gasteiger partial charge in [0.1, 0.15) is 0 Å². The molecule has 140 valence electrons. The molecule has 0 aliphatic rings. The van der Waals surface area contributed by atoms with Crippen molar-refractivity contribution in [3.8, 4) is 0 Å². The van der Waals surface area contributed by atoms with Crippen LogP contribution in [0.2, 0.25) is 0 Å². The van der Waals surface area contributed by atoms with Crippen LogP contribution in [-0.4, -0.2) is 66.7 Å². The monoisotopic (exact) mass is 346 g/mol. The molecule has 1 heterocycles. The van der Waals surface area contributed by atoms with Crippen molar-refractivity contribution in [2.45, 2.75) is 52.5 Å². The van der Waals surface area contributed by atoms with Crippen molar-refractivity contribution in [3.05, 3.63) is 29.6 Å². The average Bonchev–Trinajstić information content (AvgIpc) is 2.59. The van der Waals surface area contributed by atoms with E-state index in [0.717, 1.165) is 50.2 Å². The van der Waals surface area contributed by atoms with Crippen LogP contribution in [0.25, 0.3) is 0 Å². The van der Waals surface area contributed by atoms with Crippen molar-refractivity contribution in [2.75, 3.05) is 33.7 Å². The molecule has 1 aromatic heterocycles. The Kier molecular flexibility index (Phi) is 10.0. The molecule has 0 saturated carbocycles. The van der Waals surface area contributed by atoms with Crippen LogP contribution in [0, 0.1) is 0 Å². The summed E-state index contributed by atoms with van der Waals surface area (Å²) >= 11 is 0. The number of aliphatic imine (C=N–C) groups is 1. The van der Waals surface area contributed by atoms with Crippen molar-refractivity contribution >= 4 is 12.1 Å². The molecule has 0 N–H and O–H groups in total. The molecule has 0 aliphatic carbocycles. The molecule has 1 rings (SSSR count). The quantitative estimate of drug-likeness (QED) is 0.579. The largest absolute Gasteiger partial charge is 0.341 e. The number of likely N-dealkylation sites (N-methyl/N-ethyl adjacent to an activating group) is 2. The summed E-state index contributed by atoms with van der Waals surface area (Å²) in [5.74, 6) is 0.233. The van der Waals surface area contributed by atoms with Crippen molar-refractivity contribution < 1.29 is 4.79 Å². The first-order valence-electron chi connectivity index (χ1n) is 9.36. The third-order valence-electron chi connectivity index (χ3n) is 4.36. The van der Waals surface area contributed by atoms with E-state index in [4.69, 9.17) is 0 Å². The minimum absolute atomic E-state index is 0.233. The highest BCUT2D eigenvalue weighted by atomic mass is 16.2. The maximum absolute atomic E-state index is 12.4. The van der Waals surface area contributed by atoms with Crippen molar-refractivity contribution in [2.24, 2.45) is 4.99 Å². The molecule has 1 amide bonds. The van der Waals surface area contributed by atoms with Crippen LogP contribution in [0.1, 0.15) is 51.3 Å². The Labute approximate surface area is 153 Å². The Hall–Kier alpha value is -1.75. The summed E-state index contributed by atoms with van der Waals surface area (Å²) in [6.07, 6.45) is 7.00. The van der Waals surface area contributed by atoms with Crippen LogP contribution in [0.4, 0.5) is 0 Å². The number of carbonyl (C=O) groups is 1. The molecule has 0 fully saturated rings. The third-order valence-corrected chi connectivity index (χ3v) is 4.36. The predicted molar refractivity (Wildman–Crippen MR) is 105 cm³/mol. The van der Waals surface area contributed by atoms with Crippen LogP contribution >= 0.6 is 0 Å². The van der Waals surface area contributed by atoms with Gasteiger partial charge < -0.3 is 9.80 Å². The standard InChI is InChI=1S/C20H34N4O/c1-6-12-21-15-18-11-13-22-19(14-18)9-8-10-20(25)24(7-2)16-17(3)23(4)5/h11,13-15,17H,6-10,12,16H2,1-5H3. The van der Waals surface area contributed by atoms with Crippen LogP contribution in [0.5, 0.6) is 0 Å². The number of carbonyl (C=O) groups excluding carboxylic acids is 1. The van der Waals surface area contributed by atoms with Gasteiger partial charge in [-0.3, -0.25) is 14.8 Å². The second-order valence-corrected chi connectivity index (χ2v) is 6.71. The third kappa shape index (κ3) is 8.25. The molecule has 0 aromatic carbocycles. The van der Waals surface area contributed by atoms with Gasteiger partial charge in [0.15, 0.2) is 0 Å². The lowest BCUT2D eigenvalue weighted by Gasteiger charge is -2.28. The number of amides is 1. The van der Waals surface area contributed by atoms with Crippen LogP contribution in [-0.2, 0) is 11.2 Å². The van der Waals surface area contributed by atoms with Crippen LogP contribution in [0.15, 0.2) is 23.3 Å². The topological polar surface area (TPSA) is 48.8 Å². The first-order valence-corrected chi connectivity index (χ1v) is 9.36. The maximum atomic E-state index is 12.4. The van der Waals surface area contributed by atoms with Crippen LogP contribution < -0.4 is 0 Å². The molecule has 0 bridgehead atoms. The zero-order valence-electron chi connectivity index (χ0n) is 16.5. The van der Waals surface area contributed by atoms with Gasteiger partial charge in [0.05, 0.1) is 0 Å². The van der Waals surface area contributed by atoms with Gasteiger partial charge in [-0.05, 0) is 64.9 Å². The van der Waals surface area contributed by atoms with Crippen molar-refractivity contribution in [3.63, 3.8) is 0 Å². The van der Waals surface area contributed by atoms with E-state index in [-0.39, 0.29) is 5.91 Å².